The molecule has 36 heavy (non-hydrogen) atoms. The predicted octanol–water partition coefficient (Wildman–Crippen LogP) is 7.11. The SMILES string of the molecule is Cc1cc(/C=C/C(c2cc(Cl)c(Cl)c(Cl)c2)C(F)(F)F)ccc1C(=O)NC(C)C(=O)NCC(F)(F)F. The fraction of sp³-hybridized carbons (Fsp3) is 0.304. The molecule has 0 aliphatic heterocycles. The maximum absolute atomic E-state index is 13.7. The van der Waals surface area contributed by atoms with Gasteiger partial charge in [-0.25, -0.2) is 0 Å². The average Bonchev–Trinajstić information content (AvgIpc) is 2.74. The number of amides is 2. The molecule has 2 aromatic rings. The van der Waals surface area contributed by atoms with E-state index in [1.807, 2.05) is 0 Å². The molecule has 0 fully saturated rings. The van der Waals surface area contributed by atoms with Crippen molar-refractivity contribution in [2.45, 2.75) is 38.2 Å². The van der Waals surface area contributed by atoms with E-state index in [0.717, 1.165) is 18.2 Å². The Morgan fingerprint density at radius 1 is 1.00 bits per heavy atom. The fourth-order valence-electron chi connectivity index (χ4n) is 3.10. The van der Waals surface area contributed by atoms with Crippen LogP contribution in [-0.4, -0.2) is 36.8 Å². The highest BCUT2D eigenvalue weighted by Crippen LogP contribution is 2.41. The Morgan fingerprint density at radius 3 is 2.08 bits per heavy atom. The molecule has 2 amide bonds. The first-order valence-electron chi connectivity index (χ1n) is 10.1. The van der Waals surface area contributed by atoms with Crippen LogP contribution in [0.1, 0.15) is 39.9 Å². The van der Waals surface area contributed by atoms with E-state index in [-0.39, 0.29) is 26.2 Å². The molecule has 2 N–H and O–H groups in total. The van der Waals surface area contributed by atoms with Gasteiger partial charge in [0.1, 0.15) is 12.6 Å². The zero-order chi connectivity index (χ0) is 27.4. The summed E-state index contributed by atoms with van der Waals surface area (Å²) in [5.74, 6) is -3.82. The van der Waals surface area contributed by atoms with E-state index in [9.17, 15) is 35.9 Å². The molecule has 0 aromatic heterocycles. The Hall–Kier alpha value is -2.43. The molecular weight excluding hydrogens is 557 g/mol. The van der Waals surface area contributed by atoms with E-state index >= 15 is 0 Å². The van der Waals surface area contributed by atoms with Gasteiger partial charge in [-0.2, -0.15) is 26.3 Å². The number of nitrogens with one attached hydrogen (secondary N) is 2. The number of carbonyl (C=O) groups excluding carboxylic acids is 2. The Bertz CT molecular complexity index is 1140. The van der Waals surface area contributed by atoms with Gasteiger partial charge < -0.3 is 10.6 Å². The number of allylic oxidation sites excluding steroid dienone is 1. The first-order chi connectivity index (χ1) is 16.5. The standard InChI is InChI=1S/C23H19Cl3F6N2O2/c1-11-7-13(3-5-15(11)21(36)34-12(2)20(35)33-10-22(27,28)29)4-6-16(23(30,31)32)14-8-17(24)19(26)18(25)9-14/h3-9,12,16H,10H2,1-2H3,(H,33,35)(H,34,36)/b6-4+. The molecule has 13 heteroatoms. The number of benzene rings is 2. The molecule has 0 spiro atoms. The van der Waals surface area contributed by atoms with Crippen molar-refractivity contribution in [3.05, 3.63) is 73.7 Å². The number of hydrogen-bond donors (Lipinski definition) is 2. The van der Waals surface area contributed by atoms with Crippen molar-refractivity contribution < 1.29 is 35.9 Å². The highest BCUT2D eigenvalue weighted by atomic mass is 35.5. The van der Waals surface area contributed by atoms with Crippen LogP contribution < -0.4 is 10.6 Å². The number of halogens is 9. The second kappa shape index (κ2) is 11.7. The minimum Gasteiger partial charge on any atom is -0.345 e. The van der Waals surface area contributed by atoms with Crippen molar-refractivity contribution in [2.24, 2.45) is 0 Å². The largest absolute Gasteiger partial charge is 0.405 e. The molecule has 0 bridgehead atoms. The lowest BCUT2D eigenvalue weighted by Gasteiger charge is -2.18. The predicted molar refractivity (Wildman–Crippen MR) is 126 cm³/mol. The summed E-state index contributed by atoms with van der Waals surface area (Å²) >= 11 is 17.6. The Morgan fingerprint density at radius 2 is 1.58 bits per heavy atom. The van der Waals surface area contributed by atoms with Crippen molar-refractivity contribution >= 4 is 52.7 Å². The van der Waals surface area contributed by atoms with Crippen molar-refractivity contribution in [3.8, 4) is 0 Å². The molecule has 0 heterocycles. The maximum atomic E-state index is 13.7. The number of hydrogen-bond acceptors (Lipinski definition) is 2. The zero-order valence-electron chi connectivity index (χ0n) is 18.6. The van der Waals surface area contributed by atoms with Crippen LogP contribution in [0.5, 0.6) is 0 Å². The van der Waals surface area contributed by atoms with Gasteiger partial charge in [0.25, 0.3) is 5.91 Å². The number of alkyl halides is 6. The molecule has 0 saturated carbocycles. The molecule has 0 radical (unpaired) electrons. The molecule has 0 saturated heterocycles. The normalized spacial score (nSPS) is 14.0. The van der Waals surface area contributed by atoms with Crippen LogP contribution in [0, 0.1) is 6.92 Å². The van der Waals surface area contributed by atoms with Crippen LogP contribution in [0.3, 0.4) is 0 Å². The van der Waals surface area contributed by atoms with E-state index in [4.69, 9.17) is 34.8 Å². The minimum atomic E-state index is -4.67. The van der Waals surface area contributed by atoms with Gasteiger partial charge in [0.15, 0.2) is 0 Å². The van der Waals surface area contributed by atoms with E-state index in [1.165, 1.54) is 38.1 Å². The topological polar surface area (TPSA) is 58.2 Å². The van der Waals surface area contributed by atoms with E-state index in [2.05, 4.69) is 5.32 Å². The van der Waals surface area contributed by atoms with Crippen LogP contribution >= 0.6 is 34.8 Å². The Balaban J connectivity index is 2.19. The van der Waals surface area contributed by atoms with E-state index in [1.54, 1.807) is 5.32 Å². The summed E-state index contributed by atoms with van der Waals surface area (Å²) in [7, 11) is 0. The van der Waals surface area contributed by atoms with Crippen LogP contribution in [-0.2, 0) is 4.79 Å². The molecule has 196 valence electrons. The van der Waals surface area contributed by atoms with Crippen molar-refractivity contribution in [3.63, 3.8) is 0 Å². The number of rotatable bonds is 7. The smallest absolute Gasteiger partial charge is 0.345 e. The lowest BCUT2D eigenvalue weighted by Crippen LogP contribution is -2.47. The van der Waals surface area contributed by atoms with Gasteiger partial charge in [-0.1, -0.05) is 59.1 Å². The van der Waals surface area contributed by atoms with Gasteiger partial charge in [0.2, 0.25) is 5.91 Å². The van der Waals surface area contributed by atoms with Gasteiger partial charge in [-0.3, -0.25) is 9.59 Å². The van der Waals surface area contributed by atoms with Crippen LogP contribution in [0.25, 0.3) is 6.08 Å². The minimum absolute atomic E-state index is 0.0661. The molecule has 2 rings (SSSR count). The maximum Gasteiger partial charge on any atom is 0.405 e. The van der Waals surface area contributed by atoms with Gasteiger partial charge in [-0.15, -0.1) is 0 Å². The second-order valence-corrected chi connectivity index (χ2v) is 8.97. The number of carbonyl (C=O) groups is 2. The molecule has 2 unspecified atom stereocenters. The summed E-state index contributed by atoms with van der Waals surface area (Å²) in [5, 5.41) is 3.61. The molecular formula is C23H19Cl3F6N2O2. The molecule has 4 nitrogen and oxygen atoms in total. The molecule has 2 aromatic carbocycles. The first kappa shape index (κ1) is 29.8. The Labute approximate surface area is 217 Å². The van der Waals surface area contributed by atoms with Crippen molar-refractivity contribution in [1.29, 1.82) is 0 Å². The molecule has 0 aliphatic carbocycles. The monoisotopic (exact) mass is 574 g/mol. The first-order valence-corrected chi connectivity index (χ1v) is 11.3. The second-order valence-electron chi connectivity index (χ2n) is 7.78. The van der Waals surface area contributed by atoms with Crippen LogP contribution in [0.2, 0.25) is 15.1 Å². The fourth-order valence-corrected chi connectivity index (χ4v) is 3.71. The number of aryl methyl sites for hydroxylation is 1. The quantitative estimate of drug-likeness (QED) is 0.273. The third-order valence-corrected chi connectivity index (χ3v) is 6.09. The molecule has 0 aliphatic rings. The summed E-state index contributed by atoms with van der Waals surface area (Å²) in [5.41, 5.74) is 0.564. The van der Waals surface area contributed by atoms with Crippen LogP contribution in [0.4, 0.5) is 26.3 Å². The van der Waals surface area contributed by atoms with E-state index in [0.29, 0.717) is 11.1 Å². The summed E-state index contributed by atoms with van der Waals surface area (Å²) in [6, 6.07) is 5.02. The average molecular weight is 576 g/mol. The van der Waals surface area contributed by atoms with Gasteiger partial charge in [0, 0.05) is 5.56 Å². The van der Waals surface area contributed by atoms with Gasteiger partial charge in [-0.05, 0) is 48.7 Å². The lowest BCUT2D eigenvalue weighted by molar-refractivity contribution is -0.139. The van der Waals surface area contributed by atoms with E-state index < -0.39 is 42.7 Å². The van der Waals surface area contributed by atoms with Crippen LogP contribution in [0.15, 0.2) is 36.4 Å². The summed E-state index contributed by atoms with van der Waals surface area (Å²) in [6.45, 7) is 1.18. The highest BCUT2D eigenvalue weighted by Gasteiger charge is 2.39. The summed E-state index contributed by atoms with van der Waals surface area (Å²) in [6.07, 6.45) is -7.17. The third kappa shape index (κ3) is 8.31. The summed E-state index contributed by atoms with van der Waals surface area (Å²) in [4.78, 5) is 24.2. The van der Waals surface area contributed by atoms with Gasteiger partial charge in [0.05, 0.1) is 21.0 Å². The van der Waals surface area contributed by atoms with Crippen molar-refractivity contribution in [1.82, 2.24) is 10.6 Å². The molecule has 2 atom stereocenters. The Kier molecular flexibility index (Phi) is 9.72. The third-order valence-electron chi connectivity index (χ3n) is 4.90. The van der Waals surface area contributed by atoms with Crippen molar-refractivity contribution in [2.75, 3.05) is 6.54 Å². The lowest BCUT2D eigenvalue weighted by atomic mass is 9.96. The summed E-state index contributed by atoms with van der Waals surface area (Å²) < 4.78 is 77.8. The van der Waals surface area contributed by atoms with Gasteiger partial charge >= 0.3 is 12.4 Å². The highest BCUT2D eigenvalue weighted by molar-refractivity contribution is 6.48. The zero-order valence-corrected chi connectivity index (χ0v) is 20.9.